The molecule has 21 heavy (non-hydrogen) atoms. The molecule has 1 fully saturated rings. The maximum atomic E-state index is 12.0. The Morgan fingerprint density at radius 1 is 1.29 bits per heavy atom. The molecular weight excluding hydrogens is 342 g/mol. The lowest BCUT2D eigenvalue weighted by Crippen LogP contribution is -2.36. The van der Waals surface area contributed by atoms with E-state index < -0.39 is 17.3 Å². The number of carboxylic acid groups (broad SMARTS) is 1. The average Bonchev–Trinajstić information content (AvgIpc) is 3.26. The van der Waals surface area contributed by atoms with Crippen LogP contribution >= 0.6 is 15.9 Å². The SMILES string of the molecule is O=C(O)C1(C(=O)NCc2cc(Br)c3c(c2)OCCO3)CC1. The second kappa shape index (κ2) is 5.22. The van der Waals surface area contributed by atoms with Crippen molar-refractivity contribution < 1.29 is 24.2 Å². The lowest BCUT2D eigenvalue weighted by atomic mass is 10.1. The summed E-state index contributed by atoms with van der Waals surface area (Å²) < 4.78 is 11.8. The Morgan fingerprint density at radius 3 is 2.67 bits per heavy atom. The van der Waals surface area contributed by atoms with Gasteiger partial charge in [0.2, 0.25) is 5.91 Å². The molecule has 2 N–H and O–H groups in total. The van der Waals surface area contributed by atoms with Crippen molar-refractivity contribution in [3.63, 3.8) is 0 Å². The van der Waals surface area contributed by atoms with Crippen molar-refractivity contribution in [1.82, 2.24) is 5.32 Å². The minimum atomic E-state index is -1.22. The highest BCUT2D eigenvalue weighted by Gasteiger charge is 2.56. The predicted octanol–water partition coefficient (Wildman–Crippen LogP) is 1.70. The van der Waals surface area contributed by atoms with Crippen LogP contribution in [0.4, 0.5) is 0 Å². The van der Waals surface area contributed by atoms with Crippen LogP contribution in [0.3, 0.4) is 0 Å². The molecule has 0 saturated heterocycles. The highest BCUT2D eigenvalue weighted by atomic mass is 79.9. The van der Waals surface area contributed by atoms with E-state index in [-0.39, 0.29) is 6.54 Å². The van der Waals surface area contributed by atoms with Gasteiger partial charge in [-0.3, -0.25) is 9.59 Å². The van der Waals surface area contributed by atoms with Gasteiger partial charge >= 0.3 is 5.97 Å². The van der Waals surface area contributed by atoms with Crippen LogP contribution in [-0.2, 0) is 16.1 Å². The molecule has 0 radical (unpaired) electrons. The lowest BCUT2D eigenvalue weighted by Gasteiger charge is -2.20. The van der Waals surface area contributed by atoms with Crippen LogP contribution in [-0.4, -0.2) is 30.2 Å². The number of carbonyl (C=O) groups is 2. The molecule has 3 rings (SSSR count). The number of ether oxygens (including phenoxy) is 2. The Labute approximate surface area is 129 Å². The molecule has 1 aliphatic heterocycles. The third-order valence-corrected chi connectivity index (χ3v) is 4.29. The summed E-state index contributed by atoms with van der Waals surface area (Å²) in [4.78, 5) is 23.0. The van der Waals surface area contributed by atoms with Gasteiger partial charge in [0.25, 0.3) is 0 Å². The minimum Gasteiger partial charge on any atom is -0.486 e. The summed E-state index contributed by atoms with van der Waals surface area (Å²) in [5.41, 5.74) is -0.397. The Kier molecular flexibility index (Phi) is 3.52. The quantitative estimate of drug-likeness (QED) is 0.803. The molecule has 1 saturated carbocycles. The lowest BCUT2D eigenvalue weighted by molar-refractivity contribution is -0.149. The number of amides is 1. The summed E-state index contributed by atoms with van der Waals surface area (Å²) in [5.74, 6) is -0.205. The molecule has 7 heteroatoms. The number of nitrogens with one attached hydrogen (secondary N) is 1. The van der Waals surface area contributed by atoms with Crippen LogP contribution in [0.15, 0.2) is 16.6 Å². The number of carbonyl (C=O) groups excluding carboxylic acids is 1. The van der Waals surface area contributed by atoms with Crippen LogP contribution in [0.25, 0.3) is 0 Å². The molecule has 6 nitrogen and oxygen atoms in total. The van der Waals surface area contributed by atoms with E-state index in [1.165, 1.54) is 0 Å². The van der Waals surface area contributed by atoms with E-state index in [9.17, 15) is 9.59 Å². The van der Waals surface area contributed by atoms with Gasteiger partial charge in [0.05, 0.1) is 4.47 Å². The van der Waals surface area contributed by atoms with Crippen molar-refractivity contribution in [2.24, 2.45) is 5.41 Å². The van der Waals surface area contributed by atoms with E-state index >= 15 is 0 Å². The number of hydrogen-bond acceptors (Lipinski definition) is 4. The highest BCUT2D eigenvalue weighted by molar-refractivity contribution is 9.10. The standard InChI is InChI=1S/C14H14BrNO5/c15-9-5-8(6-10-11(9)21-4-3-20-10)7-16-12(17)14(1-2-14)13(18)19/h5-6H,1-4,7H2,(H,16,17)(H,18,19). The van der Waals surface area contributed by atoms with Crippen LogP contribution in [0.5, 0.6) is 11.5 Å². The van der Waals surface area contributed by atoms with Gasteiger partial charge in [0, 0.05) is 6.54 Å². The van der Waals surface area contributed by atoms with Crippen molar-refractivity contribution >= 4 is 27.8 Å². The fraction of sp³-hybridized carbons (Fsp3) is 0.429. The first kappa shape index (κ1) is 14.2. The largest absolute Gasteiger partial charge is 0.486 e. The number of aliphatic carboxylic acids is 1. The Balaban J connectivity index is 1.70. The number of halogens is 1. The maximum Gasteiger partial charge on any atom is 0.319 e. The van der Waals surface area contributed by atoms with E-state index in [2.05, 4.69) is 21.2 Å². The zero-order valence-corrected chi connectivity index (χ0v) is 12.7. The summed E-state index contributed by atoms with van der Waals surface area (Å²) in [6.45, 7) is 1.24. The van der Waals surface area contributed by atoms with Gasteiger partial charge in [-0.15, -0.1) is 0 Å². The minimum absolute atomic E-state index is 0.253. The van der Waals surface area contributed by atoms with Crippen LogP contribution in [0.1, 0.15) is 18.4 Å². The molecule has 0 aromatic heterocycles. The van der Waals surface area contributed by atoms with Crippen LogP contribution in [0.2, 0.25) is 0 Å². The summed E-state index contributed by atoms with van der Waals surface area (Å²) in [6, 6.07) is 3.62. The van der Waals surface area contributed by atoms with Gasteiger partial charge in [-0.25, -0.2) is 0 Å². The molecule has 1 aliphatic carbocycles. The molecular formula is C14H14BrNO5. The van der Waals surface area contributed by atoms with Gasteiger partial charge in [-0.2, -0.15) is 0 Å². The molecule has 112 valence electrons. The molecule has 1 aromatic rings. The number of fused-ring (bicyclic) bond motifs is 1. The third kappa shape index (κ3) is 2.57. The van der Waals surface area contributed by atoms with Crippen molar-refractivity contribution in [3.05, 3.63) is 22.2 Å². The summed E-state index contributed by atoms with van der Waals surface area (Å²) in [5, 5.41) is 11.7. The van der Waals surface area contributed by atoms with E-state index in [1.54, 1.807) is 6.07 Å². The zero-order chi connectivity index (χ0) is 15.0. The first-order valence-electron chi connectivity index (χ1n) is 6.63. The van der Waals surface area contributed by atoms with Crippen molar-refractivity contribution in [2.75, 3.05) is 13.2 Å². The van der Waals surface area contributed by atoms with Gasteiger partial charge in [-0.1, -0.05) is 0 Å². The predicted molar refractivity (Wildman–Crippen MR) is 76.3 cm³/mol. The number of hydrogen-bond donors (Lipinski definition) is 2. The summed E-state index contributed by atoms with van der Waals surface area (Å²) >= 11 is 3.40. The number of benzene rings is 1. The molecule has 0 unspecified atom stereocenters. The molecule has 1 aromatic carbocycles. The van der Waals surface area contributed by atoms with E-state index in [1.807, 2.05) is 6.07 Å². The smallest absolute Gasteiger partial charge is 0.319 e. The second-order valence-corrected chi connectivity index (χ2v) is 6.03. The first-order chi connectivity index (χ1) is 10.0. The Morgan fingerprint density at radius 2 is 2.00 bits per heavy atom. The van der Waals surface area contributed by atoms with Gasteiger partial charge < -0.3 is 19.9 Å². The van der Waals surface area contributed by atoms with E-state index in [4.69, 9.17) is 14.6 Å². The molecule has 0 atom stereocenters. The topological polar surface area (TPSA) is 84.9 Å². The zero-order valence-electron chi connectivity index (χ0n) is 11.1. The monoisotopic (exact) mass is 355 g/mol. The number of carboxylic acids is 1. The molecule has 1 heterocycles. The van der Waals surface area contributed by atoms with Crippen LogP contribution < -0.4 is 14.8 Å². The normalized spacial score (nSPS) is 18.0. The van der Waals surface area contributed by atoms with Crippen molar-refractivity contribution in [3.8, 4) is 11.5 Å². The summed E-state index contributed by atoms with van der Waals surface area (Å²) in [7, 11) is 0. The first-order valence-corrected chi connectivity index (χ1v) is 7.42. The fourth-order valence-corrected chi connectivity index (χ4v) is 2.88. The van der Waals surface area contributed by atoms with Crippen LogP contribution in [0, 0.1) is 5.41 Å². The molecule has 0 bridgehead atoms. The Hall–Kier alpha value is -1.76. The van der Waals surface area contributed by atoms with Gasteiger partial charge in [0.1, 0.15) is 18.6 Å². The second-order valence-electron chi connectivity index (χ2n) is 5.17. The van der Waals surface area contributed by atoms with Crippen molar-refractivity contribution in [1.29, 1.82) is 0 Å². The van der Waals surface area contributed by atoms with Gasteiger partial charge in [-0.05, 0) is 46.5 Å². The summed E-state index contributed by atoms with van der Waals surface area (Å²) in [6.07, 6.45) is 0.804. The molecule has 2 aliphatic rings. The third-order valence-electron chi connectivity index (χ3n) is 3.70. The number of rotatable bonds is 4. The highest BCUT2D eigenvalue weighted by Crippen LogP contribution is 2.46. The van der Waals surface area contributed by atoms with E-state index in [0.29, 0.717) is 37.6 Å². The molecule has 1 amide bonds. The maximum absolute atomic E-state index is 12.0. The van der Waals surface area contributed by atoms with E-state index in [0.717, 1.165) is 10.0 Å². The average molecular weight is 356 g/mol. The van der Waals surface area contributed by atoms with Gasteiger partial charge in [0.15, 0.2) is 11.5 Å². The fourth-order valence-electron chi connectivity index (χ4n) is 2.28. The Bertz CT molecular complexity index is 612. The molecule has 0 spiro atoms. The van der Waals surface area contributed by atoms with Crippen molar-refractivity contribution in [2.45, 2.75) is 19.4 Å².